The molecule has 7 nitrogen and oxygen atoms in total. The van der Waals surface area contributed by atoms with Crippen molar-refractivity contribution >= 4 is 6.03 Å². The van der Waals surface area contributed by atoms with Gasteiger partial charge in [-0.25, -0.2) is 9.18 Å². The predicted octanol–water partition coefficient (Wildman–Crippen LogP) is -1.19. The maximum Gasteiger partial charge on any atom is 0.325 e. The van der Waals surface area contributed by atoms with E-state index >= 15 is 0 Å². The third-order valence-electron chi connectivity index (χ3n) is 3.59. The number of alkyl halides is 2. The van der Waals surface area contributed by atoms with Crippen molar-refractivity contribution in [3.63, 3.8) is 0 Å². The predicted molar refractivity (Wildman–Crippen MR) is 63.6 cm³/mol. The molecule has 2 aliphatic rings. The molecule has 0 saturated carbocycles. The van der Waals surface area contributed by atoms with E-state index in [2.05, 4.69) is 5.32 Å². The van der Waals surface area contributed by atoms with Gasteiger partial charge in [0.1, 0.15) is 18.5 Å². The van der Waals surface area contributed by atoms with Crippen LogP contribution in [0.15, 0.2) is 12.3 Å². The Bertz CT molecular complexity index is 405. The van der Waals surface area contributed by atoms with Crippen LogP contribution in [0.1, 0.15) is 0 Å². The number of rotatable bonds is 4. The summed E-state index contributed by atoms with van der Waals surface area (Å²) in [5.74, 6) is -1.16. The average Bonchev–Trinajstić information content (AvgIpc) is 2.71. The van der Waals surface area contributed by atoms with Gasteiger partial charge in [0.2, 0.25) is 0 Å². The fraction of sp³-hybridized carbons (Fsp3) is 0.727. The van der Waals surface area contributed by atoms with Crippen molar-refractivity contribution in [1.29, 1.82) is 0 Å². The summed E-state index contributed by atoms with van der Waals surface area (Å²) in [6, 6.07) is -0.650. The molecule has 1 fully saturated rings. The molecular weight excluding hydrogens is 276 g/mol. The lowest BCUT2D eigenvalue weighted by Crippen LogP contribution is -2.54. The Hall–Kier alpha value is -1.29. The molecule has 0 bridgehead atoms. The number of urea groups is 1. The quantitative estimate of drug-likeness (QED) is 0.521. The number of hydrogen-bond acceptors (Lipinski definition) is 5. The third kappa shape index (κ3) is 2.26. The number of halogens is 2. The van der Waals surface area contributed by atoms with E-state index in [0.717, 1.165) is 4.90 Å². The first-order chi connectivity index (χ1) is 9.49. The summed E-state index contributed by atoms with van der Waals surface area (Å²) >= 11 is 0. The lowest BCUT2D eigenvalue weighted by molar-refractivity contribution is -0.140. The fourth-order valence-corrected chi connectivity index (χ4v) is 2.37. The second-order valence-corrected chi connectivity index (χ2v) is 4.85. The molecule has 5 atom stereocenters. The van der Waals surface area contributed by atoms with E-state index in [0.29, 0.717) is 0 Å². The molecule has 0 aliphatic carbocycles. The second kappa shape index (κ2) is 5.60. The van der Waals surface area contributed by atoms with Gasteiger partial charge in [0, 0.05) is 6.20 Å². The minimum absolute atomic E-state index is 0.650. The zero-order valence-electron chi connectivity index (χ0n) is 10.6. The van der Waals surface area contributed by atoms with Crippen LogP contribution in [-0.2, 0) is 4.74 Å². The number of ether oxygens (including phenoxy) is 1. The summed E-state index contributed by atoms with van der Waals surface area (Å²) in [6.45, 7) is -3.05. The lowest BCUT2D eigenvalue weighted by atomic mass is 9.91. The zero-order valence-corrected chi connectivity index (χ0v) is 10.6. The normalized spacial score (nSPS) is 41.0. The number of carbonyl (C=O) groups excluding carboxylic acids is 1. The lowest BCUT2D eigenvalue weighted by Gasteiger charge is -2.33. The first kappa shape index (κ1) is 15.1. The zero-order chi connectivity index (χ0) is 14.9. The number of aliphatic hydroxyl groups excluding tert-OH is 2. The molecule has 2 heterocycles. The summed E-state index contributed by atoms with van der Waals surface area (Å²) in [7, 11) is 0. The first-order valence-electron chi connectivity index (χ1n) is 6.10. The molecule has 2 rings (SSSR count). The van der Waals surface area contributed by atoms with Gasteiger partial charge in [-0.15, -0.1) is 0 Å². The molecule has 0 spiro atoms. The van der Waals surface area contributed by atoms with Crippen LogP contribution >= 0.6 is 0 Å². The van der Waals surface area contributed by atoms with Gasteiger partial charge < -0.3 is 26.0 Å². The minimum Gasteiger partial charge on any atom is -0.393 e. The fourth-order valence-electron chi connectivity index (χ4n) is 2.37. The molecular formula is C11H17F2N3O4. The Morgan fingerprint density at radius 1 is 1.55 bits per heavy atom. The second-order valence-electron chi connectivity index (χ2n) is 4.85. The molecule has 1 unspecified atom stereocenters. The summed E-state index contributed by atoms with van der Waals surface area (Å²) in [5, 5.41) is 21.6. The van der Waals surface area contributed by atoms with E-state index in [9.17, 15) is 23.8 Å². The average molecular weight is 293 g/mol. The first-order valence-corrected chi connectivity index (χ1v) is 6.10. The number of hydrogen-bond donors (Lipinski definition) is 4. The van der Waals surface area contributed by atoms with Crippen LogP contribution in [0.25, 0.3) is 0 Å². The number of carbonyl (C=O) groups is 1. The monoisotopic (exact) mass is 293 g/mol. The Labute approximate surface area is 114 Å². The highest BCUT2D eigenvalue weighted by atomic mass is 19.1. The smallest absolute Gasteiger partial charge is 0.325 e. The highest BCUT2D eigenvalue weighted by Crippen LogP contribution is 2.38. The molecule has 0 aromatic heterocycles. The van der Waals surface area contributed by atoms with Crippen molar-refractivity contribution in [2.24, 2.45) is 11.7 Å². The number of nitrogens with two attached hydrogens (primary N) is 1. The number of nitrogens with one attached hydrogen (secondary N) is 1. The number of amides is 2. The van der Waals surface area contributed by atoms with Crippen molar-refractivity contribution < 1.29 is 28.5 Å². The maximum absolute atomic E-state index is 13.1. The van der Waals surface area contributed by atoms with Crippen molar-refractivity contribution in [3.05, 3.63) is 12.3 Å². The molecule has 1 saturated heterocycles. The molecule has 0 radical (unpaired) electrons. The molecule has 5 N–H and O–H groups in total. The van der Waals surface area contributed by atoms with E-state index in [1.54, 1.807) is 0 Å². The Balaban J connectivity index is 2.27. The van der Waals surface area contributed by atoms with E-state index < -0.39 is 56.0 Å². The standard InChI is InChI=1S/C11H17F2N3O4/c12-3-6-8(18)11(4-13,5-17)20-9(6)16-2-1-7(14)15-10(16)19/h1-2,6-9,17-18H,3-5,14H2,(H,15,19)/t6-,7?,8-,9+,11+/m0/s1. The van der Waals surface area contributed by atoms with E-state index in [-0.39, 0.29) is 0 Å². The Morgan fingerprint density at radius 2 is 2.25 bits per heavy atom. The molecule has 2 aliphatic heterocycles. The van der Waals surface area contributed by atoms with Crippen molar-refractivity contribution in [1.82, 2.24) is 10.2 Å². The number of aliphatic hydroxyl groups is 2. The minimum atomic E-state index is -1.92. The van der Waals surface area contributed by atoms with Crippen molar-refractivity contribution in [3.8, 4) is 0 Å². The van der Waals surface area contributed by atoms with Gasteiger partial charge >= 0.3 is 6.03 Å². The van der Waals surface area contributed by atoms with Gasteiger partial charge in [0.15, 0.2) is 0 Å². The van der Waals surface area contributed by atoms with Crippen molar-refractivity contribution in [2.45, 2.75) is 24.1 Å². The molecule has 20 heavy (non-hydrogen) atoms. The molecule has 0 aromatic carbocycles. The van der Waals surface area contributed by atoms with Crippen LogP contribution in [0.4, 0.5) is 13.6 Å². The SMILES string of the molecule is NC1C=CN([C@@H]2O[C@@](CO)(CF)[C@@H](O)[C@@H]2CF)C(=O)N1. The molecule has 9 heteroatoms. The third-order valence-corrected chi connectivity index (χ3v) is 3.59. The molecule has 0 aromatic rings. The van der Waals surface area contributed by atoms with Crippen LogP contribution in [0, 0.1) is 5.92 Å². The van der Waals surface area contributed by atoms with Crippen LogP contribution in [-0.4, -0.2) is 65.2 Å². The molecule has 114 valence electrons. The van der Waals surface area contributed by atoms with Gasteiger partial charge in [-0.1, -0.05) is 0 Å². The summed E-state index contributed by atoms with van der Waals surface area (Å²) < 4.78 is 31.5. The number of nitrogens with zero attached hydrogens (tertiary/aromatic N) is 1. The van der Waals surface area contributed by atoms with Gasteiger partial charge in [-0.3, -0.25) is 9.29 Å². The molecule has 2 amide bonds. The summed E-state index contributed by atoms with van der Waals surface area (Å²) in [4.78, 5) is 12.8. The topological polar surface area (TPSA) is 108 Å². The van der Waals surface area contributed by atoms with E-state index in [4.69, 9.17) is 10.5 Å². The van der Waals surface area contributed by atoms with Gasteiger partial charge in [0.05, 0.1) is 31.5 Å². The van der Waals surface area contributed by atoms with Crippen LogP contribution in [0.5, 0.6) is 0 Å². The highest BCUT2D eigenvalue weighted by Gasteiger charge is 2.57. The Kier molecular flexibility index (Phi) is 4.23. The van der Waals surface area contributed by atoms with E-state index in [1.165, 1.54) is 12.3 Å². The largest absolute Gasteiger partial charge is 0.393 e. The van der Waals surface area contributed by atoms with Crippen LogP contribution in [0.3, 0.4) is 0 Å². The van der Waals surface area contributed by atoms with Crippen molar-refractivity contribution in [2.75, 3.05) is 20.0 Å². The highest BCUT2D eigenvalue weighted by molar-refractivity contribution is 5.77. The van der Waals surface area contributed by atoms with Gasteiger partial charge in [-0.05, 0) is 6.08 Å². The summed E-state index contributed by atoms with van der Waals surface area (Å²) in [6.07, 6.45) is -0.751. The summed E-state index contributed by atoms with van der Waals surface area (Å²) in [5.41, 5.74) is 3.55. The van der Waals surface area contributed by atoms with Gasteiger partial charge in [-0.2, -0.15) is 0 Å². The van der Waals surface area contributed by atoms with Crippen LogP contribution < -0.4 is 11.1 Å². The van der Waals surface area contributed by atoms with E-state index in [1.807, 2.05) is 0 Å². The van der Waals surface area contributed by atoms with Gasteiger partial charge in [0.25, 0.3) is 0 Å². The van der Waals surface area contributed by atoms with Crippen LogP contribution in [0.2, 0.25) is 0 Å². The Morgan fingerprint density at radius 3 is 2.75 bits per heavy atom. The maximum atomic E-state index is 13.1.